The largest absolute Gasteiger partial charge is 0.507 e. The van der Waals surface area contributed by atoms with Gasteiger partial charge in [0.05, 0.1) is 38.1 Å². The number of fused-ring (bicyclic) bond motifs is 1. The molecule has 292 valence electrons. The van der Waals surface area contributed by atoms with E-state index in [1.54, 1.807) is 0 Å². The number of phenols is 4. The van der Waals surface area contributed by atoms with Gasteiger partial charge in [0, 0.05) is 24.3 Å². The Kier molecular flexibility index (Phi) is 11.3. The lowest BCUT2D eigenvalue weighted by Crippen LogP contribution is -2.64. The fourth-order valence-corrected chi connectivity index (χ4v) is 6.16. The van der Waals surface area contributed by atoms with Crippen LogP contribution in [0.25, 0.3) is 22.3 Å². The second-order valence-electron chi connectivity index (χ2n) is 12.9. The minimum atomic E-state index is -1.95. The van der Waals surface area contributed by atoms with Gasteiger partial charge in [0.25, 0.3) is 0 Å². The average molecular weight is 758 g/mol. The molecule has 53 heavy (non-hydrogen) atoms. The summed E-state index contributed by atoms with van der Waals surface area (Å²) in [7, 11) is 1.22. The molecule has 3 aliphatic rings. The number of aliphatic hydroxyl groups is 8. The summed E-state index contributed by atoms with van der Waals surface area (Å²) in [5.41, 5.74) is -0.0820. The molecular formula is C33H41O20+. The first-order valence-electron chi connectivity index (χ1n) is 16.3. The molecule has 0 unspecified atom stereocenters. The Labute approximate surface area is 299 Å². The SMILES string of the molecule is COc1cc(-c2[o+]c3cc(O)cc(O)c3cc2O[C@@H]2O[C@@H](CO[C@@H]3O[C@@H](C)[C@H](O)[C@@H](O)[C@@H]3O)[C@@H](O)[C@H](O)[C@@H]2O[C@H]2OC[C@H](O)[C@@H](O)[C@H]2O)cc(O)c1O. The molecular weight excluding hydrogens is 716 g/mol. The molecule has 3 aliphatic heterocycles. The predicted molar refractivity (Wildman–Crippen MR) is 172 cm³/mol. The molecule has 0 amide bonds. The van der Waals surface area contributed by atoms with E-state index in [1.165, 1.54) is 26.2 Å². The zero-order chi connectivity index (χ0) is 38.5. The molecule has 20 heteroatoms. The summed E-state index contributed by atoms with van der Waals surface area (Å²) < 4.78 is 45.5. The zero-order valence-electron chi connectivity index (χ0n) is 28.0. The highest BCUT2D eigenvalue weighted by Gasteiger charge is 2.51. The van der Waals surface area contributed by atoms with Gasteiger partial charge >= 0.3 is 11.3 Å². The highest BCUT2D eigenvalue weighted by atomic mass is 16.8. The topological polar surface area (TPSA) is 319 Å². The monoisotopic (exact) mass is 757 g/mol. The summed E-state index contributed by atoms with van der Waals surface area (Å²) in [4.78, 5) is 0. The van der Waals surface area contributed by atoms with E-state index in [4.69, 9.17) is 37.6 Å². The van der Waals surface area contributed by atoms with Crippen molar-refractivity contribution in [1.82, 2.24) is 0 Å². The normalized spacial score (nSPS) is 36.3. The van der Waals surface area contributed by atoms with Gasteiger partial charge in [0.1, 0.15) is 71.8 Å². The number of aromatic hydroxyl groups is 4. The van der Waals surface area contributed by atoms with Gasteiger partial charge in [0.15, 0.2) is 30.2 Å². The number of aliphatic hydroxyl groups excluding tert-OH is 8. The van der Waals surface area contributed by atoms with Gasteiger partial charge in [0.2, 0.25) is 17.8 Å². The molecule has 3 aromatic rings. The molecule has 4 heterocycles. The van der Waals surface area contributed by atoms with E-state index in [0.717, 1.165) is 18.2 Å². The van der Waals surface area contributed by atoms with Gasteiger partial charge in [-0.05, 0) is 6.92 Å². The van der Waals surface area contributed by atoms with Crippen molar-refractivity contribution in [2.45, 2.75) is 92.9 Å². The van der Waals surface area contributed by atoms with Crippen molar-refractivity contribution in [2.75, 3.05) is 20.3 Å². The quantitative estimate of drug-likeness (QED) is 0.0807. The Morgan fingerprint density at radius 2 is 1.43 bits per heavy atom. The number of rotatable bonds is 9. The first-order chi connectivity index (χ1) is 25.1. The van der Waals surface area contributed by atoms with Crippen LogP contribution in [0, 0.1) is 0 Å². The number of ether oxygens (including phenoxy) is 7. The van der Waals surface area contributed by atoms with Gasteiger partial charge < -0.3 is 94.4 Å². The lowest BCUT2D eigenvalue weighted by Gasteiger charge is -2.45. The van der Waals surface area contributed by atoms with Gasteiger partial charge in [-0.1, -0.05) is 0 Å². The van der Waals surface area contributed by atoms with Crippen LogP contribution in [-0.2, 0) is 23.7 Å². The maximum atomic E-state index is 11.4. The van der Waals surface area contributed by atoms with Crippen molar-refractivity contribution in [3.05, 3.63) is 30.3 Å². The van der Waals surface area contributed by atoms with Crippen LogP contribution < -0.4 is 9.47 Å². The van der Waals surface area contributed by atoms with Crippen molar-refractivity contribution in [3.63, 3.8) is 0 Å². The van der Waals surface area contributed by atoms with E-state index >= 15 is 0 Å². The average Bonchev–Trinajstić information content (AvgIpc) is 3.12. The zero-order valence-corrected chi connectivity index (χ0v) is 28.0. The van der Waals surface area contributed by atoms with Crippen molar-refractivity contribution in [1.29, 1.82) is 0 Å². The van der Waals surface area contributed by atoms with Crippen LogP contribution in [0.15, 0.2) is 34.7 Å². The standard InChI is InChI=1S/C33H40O20/c1-10-21(38)25(42)28(45)31(49-10)48-9-20-24(41)26(43)30(53-32-27(44)23(40)16(37)8-47-32)33(52-20)51-19-7-13-14(35)5-12(34)6-17(13)50-29(19)11-3-15(36)22(39)18(4-11)46-2/h3-7,10,16,20-21,23-28,30-33,37-38,40-45H,8-9H2,1-2H3,(H3-,34,35,36,39)/p+1/t10-,16-,20-,21-,23+,24+,25+,26-,27+,28-,30-,31+,32+,33+/m0/s1. The van der Waals surface area contributed by atoms with E-state index in [2.05, 4.69) is 0 Å². The van der Waals surface area contributed by atoms with Crippen LogP contribution in [0.2, 0.25) is 0 Å². The van der Waals surface area contributed by atoms with Crippen molar-refractivity contribution in [3.8, 4) is 45.8 Å². The molecule has 0 radical (unpaired) electrons. The maximum Gasteiger partial charge on any atom is 0.402 e. The maximum absolute atomic E-state index is 11.4. The predicted octanol–water partition coefficient (Wildman–Crippen LogP) is -2.29. The molecule has 20 nitrogen and oxygen atoms in total. The van der Waals surface area contributed by atoms with Gasteiger partial charge in [-0.2, -0.15) is 0 Å². The molecule has 0 aliphatic carbocycles. The first-order valence-corrected chi connectivity index (χ1v) is 16.3. The summed E-state index contributed by atoms with van der Waals surface area (Å²) in [6.07, 6.45) is -23.0. The second kappa shape index (κ2) is 15.5. The molecule has 3 saturated heterocycles. The third-order valence-electron chi connectivity index (χ3n) is 9.22. The Morgan fingerprint density at radius 1 is 0.717 bits per heavy atom. The first kappa shape index (κ1) is 38.8. The Balaban J connectivity index is 1.39. The minimum absolute atomic E-state index is 0.00655. The molecule has 1 aromatic heterocycles. The van der Waals surface area contributed by atoms with Gasteiger partial charge in [-0.25, -0.2) is 4.42 Å². The van der Waals surface area contributed by atoms with E-state index in [0.29, 0.717) is 0 Å². The summed E-state index contributed by atoms with van der Waals surface area (Å²) in [5.74, 6) is -2.84. The van der Waals surface area contributed by atoms with Crippen LogP contribution in [0.3, 0.4) is 0 Å². The second-order valence-corrected chi connectivity index (χ2v) is 12.9. The number of methoxy groups -OCH3 is 1. The molecule has 0 spiro atoms. The fourth-order valence-electron chi connectivity index (χ4n) is 6.16. The summed E-state index contributed by atoms with van der Waals surface area (Å²) in [6, 6.07) is 5.73. The van der Waals surface area contributed by atoms with Crippen LogP contribution in [-0.4, -0.2) is 168 Å². The molecule has 2 aromatic carbocycles. The summed E-state index contributed by atoms with van der Waals surface area (Å²) in [5, 5.41) is 126. The fraction of sp³-hybridized carbons (Fsp3) is 0.545. The summed E-state index contributed by atoms with van der Waals surface area (Å²) >= 11 is 0. The number of phenolic OH excluding ortho intramolecular Hbond substituents is 4. The molecule has 12 N–H and O–H groups in total. The third-order valence-corrected chi connectivity index (χ3v) is 9.22. The van der Waals surface area contributed by atoms with Crippen molar-refractivity contribution >= 4 is 11.0 Å². The van der Waals surface area contributed by atoms with Gasteiger partial charge in [-0.3, -0.25) is 0 Å². The third kappa shape index (κ3) is 7.59. The Morgan fingerprint density at radius 3 is 2.15 bits per heavy atom. The highest BCUT2D eigenvalue weighted by molar-refractivity contribution is 5.88. The summed E-state index contributed by atoms with van der Waals surface area (Å²) in [6.45, 7) is 0.295. The number of hydrogen-bond acceptors (Lipinski definition) is 19. The number of hydrogen-bond donors (Lipinski definition) is 12. The van der Waals surface area contributed by atoms with E-state index in [9.17, 15) is 61.3 Å². The molecule has 0 bridgehead atoms. The van der Waals surface area contributed by atoms with E-state index in [1.807, 2.05) is 0 Å². The Bertz CT molecular complexity index is 1760. The number of benzene rings is 2. The van der Waals surface area contributed by atoms with E-state index < -0.39 is 116 Å². The lowest BCUT2D eigenvalue weighted by atomic mass is 9.98. The lowest BCUT2D eigenvalue weighted by molar-refractivity contribution is -0.352. The van der Waals surface area contributed by atoms with Gasteiger partial charge in [-0.15, -0.1) is 0 Å². The highest BCUT2D eigenvalue weighted by Crippen LogP contribution is 2.45. The van der Waals surface area contributed by atoms with Crippen molar-refractivity contribution in [2.24, 2.45) is 0 Å². The van der Waals surface area contributed by atoms with Crippen LogP contribution in [0.5, 0.6) is 34.5 Å². The van der Waals surface area contributed by atoms with Crippen molar-refractivity contribution < 1.29 is 98.9 Å². The molecule has 3 fully saturated rings. The van der Waals surface area contributed by atoms with E-state index in [-0.39, 0.29) is 39.5 Å². The minimum Gasteiger partial charge on any atom is -0.507 e. The van der Waals surface area contributed by atoms with Crippen LogP contribution >= 0.6 is 0 Å². The molecule has 14 atom stereocenters. The smallest absolute Gasteiger partial charge is 0.402 e. The molecule has 0 saturated carbocycles. The molecule has 6 rings (SSSR count). The Hall–Kier alpha value is -3.87. The van der Waals surface area contributed by atoms with Crippen LogP contribution in [0.4, 0.5) is 0 Å². The van der Waals surface area contributed by atoms with Crippen LogP contribution in [0.1, 0.15) is 6.92 Å².